The van der Waals surface area contributed by atoms with E-state index >= 15 is 0 Å². The molecule has 0 aromatic rings. The van der Waals surface area contributed by atoms with Gasteiger partial charge in [-0.1, -0.05) is 0 Å². The van der Waals surface area contributed by atoms with Crippen molar-refractivity contribution < 1.29 is 67.0 Å². The van der Waals surface area contributed by atoms with Crippen LogP contribution >= 0.6 is 0 Å². The quantitative estimate of drug-likeness (QED) is 0.277. The summed E-state index contributed by atoms with van der Waals surface area (Å²) in [6, 6.07) is 0. The van der Waals surface area contributed by atoms with Crippen LogP contribution in [0.5, 0.6) is 0 Å². The molecule has 0 rings (SSSR count). The minimum atomic E-state index is -5.31. The number of hydrogen-bond donors (Lipinski definition) is 0. The minimum Gasteiger partial charge on any atom is -0.748 e. The van der Waals surface area contributed by atoms with E-state index in [-0.39, 0.29) is 18.9 Å². The molecule has 0 aromatic heterocycles. The molecular weight excluding hydrogens is 371 g/mol. The first-order valence-corrected chi connectivity index (χ1v) is 7.98. The van der Waals surface area contributed by atoms with Crippen LogP contribution in [0, 0.1) is 0 Å². The van der Waals surface area contributed by atoms with Crippen LogP contribution in [0.3, 0.4) is 0 Å². The second-order valence-corrected chi connectivity index (χ2v) is 6.26. The summed E-state index contributed by atoms with van der Waals surface area (Å²) in [7, 11) is -5.31. The number of rotatable bonds is 11. The van der Waals surface area contributed by atoms with E-state index in [1.807, 2.05) is 0 Å². The van der Waals surface area contributed by atoms with Crippen LogP contribution in [0.15, 0.2) is 0 Å². The molecule has 0 amide bonds. The molecule has 0 fully saturated rings. The first-order chi connectivity index (χ1) is 10.4. The first kappa shape index (κ1) is 26.2. The number of alkyl halides is 8. The van der Waals surface area contributed by atoms with Crippen molar-refractivity contribution in [2.45, 2.75) is 56.0 Å². The summed E-state index contributed by atoms with van der Waals surface area (Å²) in [5, 5.41) is 0. The maximum atomic E-state index is 13.3. The van der Waals surface area contributed by atoms with Crippen LogP contribution in [-0.4, -0.2) is 68.6 Å². The summed E-state index contributed by atoms with van der Waals surface area (Å²) in [5.41, 5.74) is 0. The minimum absolute atomic E-state index is 0. The van der Waals surface area contributed by atoms with Gasteiger partial charge < -0.3 is 4.55 Å². The van der Waals surface area contributed by atoms with Crippen LogP contribution < -0.4 is 18.9 Å². The molecule has 7 atom stereocenters. The molecule has 0 heterocycles. The zero-order valence-electron chi connectivity index (χ0n) is 12.5. The van der Waals surface area contributed by atoms with Gasteiger partial charge in [-0.3, -0.25) is 4.39 Å². The Balaban J connectivity index is 0. The van der Waals surface area contributed by atoms with Crippen molar-refractivity contribution in [1.29, 1.82) is 0 Å². The van der Waals surface area contributed by atoms with Crippen molar-refractivity contribution >= 4 is 10.1 Å². The Kier molecular flexibility index (Phi) is 12.6. The predicted molar refractivity (Wildman–Crippen MR) is 64.0 cm³/mol. The average molecular weight is 386 g/mol. The van der Waals surface area contributed by atoms with E-state index in [2.05, 4.69) is 0 Å². The Bertz CT molecular complexity index is 443. The fourth-order valence-corrected chi connectivity index (χ4v) is 2.22. The molecule has 24 heavy (non-hydrogen) atoms. The van der Waals surface area contributed by atoms with Gasteiger partial charge in [0.1, 0.15) is 12.3 Å². The largest absolute Gasteiger partial charge is 1.00 e. The van der Waals surface area contributed by atoms with Gasteiger partial charge in [0.25, 0.3) is 0 Å². The Morgan fingerprint density at radius 1 is 0.750 bits per heavy atom. The van der Waals surface area contributed by atoms with Crippen LogP contribution in [0.4, 0.5) is 35.1 Å². The fourth-order valence-electron chi connectivity index (χ4n) is 1.64. The van der Waals surface area contributed by atoms with Gasteiger partial charge in [0.15, 0.2) is 30.9 Å². The molecule has 7 unspecified atom stereocenters. The second kappa shape index (κ2) is 11.5. The van der Waals surface area contributed by atoms with Gasteiger partial charge in [0, 0.05) is 0 Å². The van der Waals surface area contributed by atoms with Crippen LogP contribution in [0.1, 0.15) is 12.8 Å². The van der Waals surface area contributed by atoms with Crippen molar-refractivity contribution in [3.05, 3.63) is 0 Å². The Morgan fingerprint density at radius 3 is 1.50 bits per heavy atom. The van der Waals surface area contributed by atoms with Crippen LogP contribution in [-0.2, 0) is 10.1 Å². The van der Waals surface area contributed by atoms with E-state index in [0.29, 0.717) is 0 Å². The van der Waals surface area contributed by atoms with Crippen LogP contribution in [0.2, 0.25) is 0 Å². The molecule has 0 aromatic carbocycles. The molecule has 0 saturated heterocycles. The molecule has 140 valence electrons. The second-order valence-electron chi connectivity index (χ2n) is 4.81. The summed E-state index contributed by atoms with van der Waals surface area (Å²) in [6.07, 6.45) is -25.0. The van der Waals surface area contributed by atoms with Crippen molar-refractivity contribution in [2.75, 3.05) is 12.4 Å². The van der Waals surface area contributed by atoms with Crippen LogP contribution in [0.25, 0.3) is 0 Å². The van der Waals surface area contributed by atoms with E-state index in [1.165, 1.54) is 0 Å². The van der Waals surface area contributed by atoms with Gasteiger partial charge in [-0.2, -0.15) is 0 Å². The third kappa shape index (κ3) is 8.87. The molecule has 0 saturated carbocycles. The normalized spacial score (nSPS) is 21.0. The summed E-state index contributed by atoms with van der Waals surface area (Å²) in [5.74, 6) is -2.03. The van der Waals surface area contributed by atoms with Gasteiger partial charge in [0.2, 0.25) is 0 Å². The Hall–Kier alpha value is -0.0526. The first-order valence-electron chi connectivity index (χ1n) is 6.40. The molecule has 0 bridgehead atoms. The molecule has 0 radical (unpaired) electrons. The smallest absolute Gasteiger partial charge is 0.748 e. The third-order valence-electron chi connectivity index (χ3n) is 2.88. The molecule has 0 N–H and O–H groups in total. The molecule has 0 spiro atoms. The molecule has 0 aliphatic carbocycles. The van der Waals surface area contributed by atoms with E-state index in [0.717, 1.165) is 0 Å². The van der Waals surface area contributed by atoms with E-state index < -0.39 is 78.6 Å². The fraction of sp³-hybridized carbons (Fsp3) is 1.00. The summed E-state index contributed by atoms with van der Waals surface area (Å²) < 4.78 is 135. The summed E-state index contributed by atoms with van der Waals surface area (Å²) in [6.45, 7) is -1.06. The molecule has 0 aliphatic heterocycles. The molecule has 0 aliphatic rings. The van der Waals surface area contributed by atoms with Gasteiger partial charge in [-0.05, 0) is 12.8 Å². The zero-order valence-corrected chi connectivity index (χ0v) is 13.3. The van der Waals surface area contributed by atoms with Gasteiger partial charge in [-0.25, -0.2) is 39.2 Å². The number of halogens is 8. The van der Waals surface area contributed by atoms with Crippen molar-refractivity contribution in [1.82, 2.24) is 0 Å². The maximum Gasteiger partial charge on any atom is 1.00 e. The summed E-state index contributed by atoms with van der Waals surface area (Å²) >= 11 is 0. The number of hydrogen-bond acceptors (Lipinski definition) is 3. The Labute approximate surface area is 146 Å². The topological polar surface area (TPSA) is 57.2 Å². The monoisotopic (exact) mass is 386 g/mol. The Morgan fingerprint density at radius 2 is 1.12 bits per heavy atom. The van der Waals surface area contributed by atoms with E-state index in [1.54, 1.807) is 0 Å². The standard InChI is InChI=1S/C11H16F8O3S.Li/c12-3-1-2-5(13)7(15)9(17)11(19)10(18)8(16)6(14)4-23(20,21)22;/h5-11H,1-4H2,(H,20,21,22);/q;+1/p-1. The molecule has 13 heteroatoms. The van der Waals surface area contributed by atoms with Crippen molar-refractivity contribution in [3.63, 3.8) is 0 Å². The molecule has 3 nitrogen and oxygen atoms in total. The van der Waals surface area contributed by atoms with Gasteiger partial charge in [-0.15, -0.1) is 0 Å². The predicted octanol–water partition coefficient (Wildman–Crippen LogP) is -0.348. The molecular formula is C11H15F8LiO3S. The van der Waals surface area contributed by atoms with Crippen molar-refractivity contribution in [2.24, 2.45) is 0 Å². The SMILES string of the molecule is O=S(=O)([O-])CC(F)C(F)C(F)C(F)C(F)C(F)C(F)CCCF.[Li+]. The third-order valence-corrected chi connectivity index (χ3v) is 3.61. The average Bonchev–Trinajstić information content (AvgIpc) is 2.46. The zero-order chi connectivity index (χ0) is 18.4. The van der Waals surface area contributed by atoms with Crippen molar-refractivity contribution in [3.8, 4) is 0 Å². The van der Waals surface area contributed by atoms with Gasteiger partial charge >= 0.3 is 18.9 Å². The summed E-state index contributed by atoms with van der Waals surface area (Å²) in [4.78, 5) is 0. The van der Waals surface area contributed by atoms with E-state index in [4.69, 9.17) is 0 Å². The van der Waals surface area contributed by atoms with Gasteiger partial charge in [0.05, 0.1) is 22.5 Å². The maximum absolute atomic E-state index is 13.3. The van der Waals surface area contributed by atoms with E-state index in [9.17, 15) is 48.1 Å².